The average Bonchev–Trinajstić information content (AvgIpc) is 2.11. The number of nitrogens with zero attached hydrogens (tertiary/aromatic N) is 1. The van der Waals surface area contributed by atoms with Gasteiger partial charge in [0.05, 0.1) is 7.11 Å². The molecule has 0 aromatic rings. The van der Waals surface area contributed by atoms with Gasteiger partial charge in [-0.15, -0.1) is 0 Å². The monoisotopic (exact) mass is 188 g/mol. The van der Waals surface area contributed by atoms with Gasteiger partial charge in [-0.2, -0.15) is 0 Å². The van der Waals surface area contributed by atoms with Crippen molar-refractivity contribution in [2.45, 2.75) is 25.3 Å². The Bertz CT molecular complexity index is 149. The third-order valence-corrected chi connectivity index (χ3v) is 2.03. The summed E-state index contributed by atoms with van der Waals surface area (Å²) in [4.78, 5) is 13.1. The second kappa shape index (κ2) is 6.86. The molecule has 4 nitrogen and oxygen atoms in total. The number of methoxy groups -OCH3 is 1. The normalized spacial score (nSPS) is 13.0. The van der Waals surface area contributed by atoms with Gasteiger partial charge in [0.15, 0.2) is 0 Å². The molecule has 0 rings (SSSR count). The zero-order chi connectivity index (χ0) is 10.3. The number of likely N-dealkylation sites (N-methyl/N-ethyl adjacent to an activating group) is 1. The van der Waals surface area contributed by atoms with E-state index in [0.29, 0.717) is 6.54 Å². The Kier molecular flexibility index (Phi) is 6.54. The summed E-state index contributed by atoms with van der Waals surface area (Å²) in [5, 5.41) is 0. The Morgan fingerprint density at radius 1 is 1.46 bits per heavy atom. The molecule has 0 heterocycles. The van der Waals surface area contributed by atoms with Crippen LogP contribution in [-0.4, -0.2) is 44.7 Å². The molecule has 0 aliphatic carbocycles. The largest absolute Gasteiger partial charge is 0.468 e. The number of unbranched alkanes of at least 4 members (excludes halogenated alkanes) is 1. The van der Waals surface area contributed by atoms with E-state index in [9.17, 15) is 4.79 Å². The van der Waals surface area contributed by atoms with Crippen LogP contribution < -0.4 is 5.73 Å². The summed E-state index contributed by atoms with van der Waals surface area (Å²) in [5.74, 6) is -0.165. The SMILES string of the molecule is COC(=O)C(CCCCN)N(C)C. The maximum atomic E-state index is 11.3. The lowest BCUT2D eigenvalue weighted by molar-refractivity contribution is -0.146. The van der Waals surface area contributed by atoms with Crippen LogP contribution in [-0.2, 0) is 9.53 Å². The number of hydrogen-bond donors (Lipinski definition) is 1. The molecule has 0 radical (unpaired) electrons. The summed E-state index contributed by atoms with van der Waals surface area (Å²) in [7, 11) is 5.18. The standard InChI is InChI=1S/C9H20N2O2/c1-11(2)8(9(12)13-3)6-4-5-7-10/h8H,4-7,10H2,1-3H3. The van der Waals surface area contributed by atoms with Crippen molar-refractivity contribution in [2.75, 3.05) is 27.7 Å². The molecule has 13 heavy (non-hydrogen) atoms. The van der Waals surface area contributed by atoms with Crippen LogP contribution in [0, 0.1) is 0 Å². The van der Waals surface area contributed by atoms with Crippen LogP contribution in [0.3, 0.4) is 0 Å². The molecule has 0 spiro atoms. The molecular formula is C9H20N2O2. The van der Waals surface area contributed by atoms with Crippen LogP contribution >= 0.6 is 0 Å². The van der Waals surface area contributed by atoms with E-state index in [1.54, 1.807) is 0 Å². The zero-order valence-corrected chi connectivity index (χ0v) is 8.75. The van der Waals surface area contributed by atoms with Gasteiger partial charge in [0, 0.05) is 0 Å². The first-order chi connectivity index (χ1) is 6.13. The minimum atomic E-state index is -0.165. The van der Waals surface area contributed by atoms with Crippen molar-refractivity contribution in [3.8, 4) is 0 Å². The summed E-state index contributed by atoms with van der Waals surface area (Å²) in [6, 6.07) is -0.128. The van der Waals surface area contributed by atoms with E-state index in [4.69, 9.17) is 10.5 Å². The molecule has 0 fully saturated rings. The first-order valence-electron chi connectivity index (χ1n) is 4.57. The maximum absolute atomic E-state index is 11.3. The molecular weight excluding hydrogens is 168 g/mol. The maximum Gasteiger partial charge on any atom is 0.323 e. The summed E-state index contributed by atoms with van der Waals surface area (Å²) in [6.45, 7) is 0.682. The number of ether oxygens (including phenoxy) is 1. The Morgan fingerprint density at radius 3 is 2.46 bits per heavy atom. The highest BCUT2D eigenvalue weighted by Gasteiger charge is 2.20. The van der Waals surface area contributed by atoms with Crippen molar-refractivity contribution in [3.63, 3.8) is 0 Å². The molecule has 4 heteroatoms. The molecule has 0 aliphatic heterocycles. The van der Waals surface area contributed by atoms with Crippen LogP contribution in [0.2, 0.25) is 0 Å². The Hall–Kier alpha value is -0.610. The van der Waals surface area contributed by atoms with E-state index in [1.807, 2.05) is 19.0 Å². The number of nitrogens with two attached hydrogens (primary N) is 1. The molecule has 0 aromatic heterocycles. The molecule has 0 saturated heterocycles. The topological polar surface area (TPSA) is 55.6 Å². The highest BCUT2D eigenvalue weighted by Crippen LogP contribution is 2.06. The average molecular weight is 188 g/mol. The molecule has 0 aliphatic rings. The van der Waals surface area contributed by atoms with Gasteiger partial charge in [0.1, 0.15) is 6.04 Å². The van der Waals surface area contributed by atoms with Crippen molar-refractivity contribution in [1.29, 1.82) is 0 Å². The van der Waals surface area contributed by atoms with Crippen LogP contribution in [0.25, 0.3) is 0 Å². The lowest BCUT2D eigenvalue weighted by atomic mass is 10.1. The Labute approximate surface area is 80.0 Å². The van der Waals surface area contributed by atoms with Crippen molar-refractivity contribution in [1.82, 2.24) is 4.90 Å². The Morgan fingerprint density at radius 2 is 2.08 bits per heavy atom. The minimum absolute atomic E-state index is 0.128. The number of carbonyl (C=O) groups is 1. The first kappa shape index (κ1) is 12.4. The van der Waals surface area contributed by atoms with Gasteiger partial charge in [0.2, 0.25) is 0 Å². The quantitative estimate of drug-likeness (QED) is 0.478. The van der Waals surface area contributed by atoms with Crippen molar-refractivity contribution in [2.24, 2.45) is 5.73 Å². The van der Waals surface area contributed by atoms with E-state index in [1.165, 1.54) is 7.11 Å². The van der Waals surface area contributed by atoms with Crippen molar-refractivity contribution >= 4 is 5.97 Å². The second-order valence-corrected chi connectivity index (χ2v) is 3.29. The fourth-order valence-electron chi connectivity index (χ4n) is 1.20. The first-order valence-corrected chi connectivity index (χ1v) is 4.57. The predicted molar refractivity (Wildman–Crippen MR) is 52.4 cm³/mol. The van der Waals surface area contributed by atoms with Crippen molar-refractivity contribution in [3.05, 3.63) is 0 Å². The third-order valence-electron chi connectivity index (χ3n) is 2.03. The number of rotatable bonds is 6. The third kappa shape index (κ3) is 4.85. The molecule has 1 atom stereocenters. The van der Waals surface area contributed by atoms with Gasteiger partial charge in [-0.1, -0.05) is 6.42 Å². The summed E-state index contributed by atoms with van der Waals surface area (Å²) >= 11 is 0. The summed E-state index contributed by atoms with van der Waals surface area (Å²) < 4.78 is 4.69. The fraction of sp³-hybridized carbons (Fsp3) is 0.889. The van der Waals surface area contributed by atoms with Crippen LogP contribution in [0.5, 0.6) is 0 Å². The number of carbonyl (C=O) groups excluding carboxylic acids is 1. The molecule has 78 valence electrons. The highest BCUT2D eigenvalue weighted by molar-refractivity contribution is 5.75. The lowest BCUT2D eigenvalue weighted by Crippen LogP contribution is -2.36. The second-order valence-electron chi connectivity index (χ2n) is 3.29. The van der Waals surface area contributed by atoms with E-state index in [-0.39, 0.29) is 12.0 Å². The van der Waals surface area contributed by atoms with E-state index < -0.39 is 0 Å². The van der Waals surface area contributed by atoms with Gasteiger partial charge < -0.3 is 10.5 Å². The fourth-order valence-corrected chi connectivity index (χ4v) is 1.20. The Balaban J connectivity index is 3.88. The van der Waals surface area contributed by atoms with Gasteiger partial charge >= 0.3 is 5.97 Å². The molecule has 0 saturated carbocycles. The molecule has 2 N–H and O–H groups in total. The highest BCUT2D eigenvalue weighted by atomic mass is 16.5. The molecule has 1 unspecified atom stereocenters. The zero-order valence-electron chi connectivity index (χ0n) is 8.75. The summed E-state index contributed by atoms with van der Waals surface area (Å²) in [5.41, 5.74) is 5.37. The van der Waals surface area contributed by atoms with Gasteiger partial charge in [-0.05, 0) is 33.5 Å². The number of hydrogen-bond acceptors (Lipinski definition) is 4. The van der Waals surface area contributed by atoms with E-state index in [2.05, 4.69) is 0 Å². The van der Waals surface area contributed by atoms with E-state index in [0.717, 1.165) is 19.3 Å². The minimum Gasteiger partial charge on any atom is -0.468 e. The van der Waals surface area contributed by atoms with Gasteiger partial charge in [-0.3, -0.25) is 9.69 Å². The van der Waals surface area contributed by atoms with Crippen LogP contribution in [0.1, 0.15) is 19.3 Å². The predicted octanol–water partition coefficient (Wildman–Crippen LogP) is 0.219. The number of esters is 1. The molecule has 0 bridgehead atoms. The molecule has 0 aromatic carbocycles. The van der Waals surface area contributed by atoms with Crippen LogP contribution in [0.4, 0.5) is 0 Å². The van der Waals surface area contributed by atoms with Gasteiger partial charge in [0.25, 0.3) is 0 Å². The van der Waals surface area contributed by atoms with E-state index >= 15 is 0 Å². The van der Waals surface area contributed by atoms with Crippen molar-refractivity contribution < 1.29 is 9.53 Å². The smallest absolute Gasteiger partial charge is 0.323 e. The molecule has 0 amide bonds. The lowest BCUT2D eigenvalue weighted by Gasteiger charge is -2.21. The summed E-state index contributed by atoms with van der Waals surface area (Å²) in [6.07, 6.45) is 2.74. The van der Waals surface area contributed by atoms with Gasteiger partial charge in [-0.25, -0.2) is 0 Å². The van der Waals surface area contributed by atoms with Crippen LogP contribution in [0.15, 0.2) is 0 Å².